The Bertz CT molecular complexity index is 179. The van der Waals surface area contributed by atoms with Crippen molar-refractivity contribution in [2.24, 2.45) is 5.73 Å². The highest BCUT2D eigenvalue weighted by Gasteiger charge is 2.10. The predicted molar refractivity (Wildman–Crippen MR) is 40.7 cm³/mol. The molecule has 2 atom stereocenters. The first-order chi connectivity index (χ1) is 4.72. The molecule has 3 nitrogen and oxygen atoms in total. The third kappa shape index (κ3) is 1.36. The van der Waals surface area contributed by atoms with Crippen LogP contribution in [0.3, 0.4) is 0 Å². The summed E-state index contributed by atoms with van der Waals surface area (Å²) >= 11 is 0. The molecule has 1 rings (SSSR count). The Labute approximate surface area is 60.7 Å². The number of aromatic nitrogens is 2. The molecule has 0 amide bonds. The van der Waals surface area contributed by atoms with Gasteiger partial charge >= 0.3 is 0 Å². The lowest BCUT2D eigenvalue weighted by molar-refractivity contribution is 0.601. The summed E-state index contributed by atoms with van der Waals surface area (Å²) in [4.78, 5) is 6.94. The standard InChI is InChI=1S/C7H13N3/c1-5(6(2)8)7-3-9-4-10-7/h3-6H,8H2,1-2H3,(H,9,10)/t5-,6+/m0/s1. The fourth-order valence-electron chi connectivity index (χ4n) is 0.799. The molecule has 0 bridgehead atoms. The SMILES string of the molecule is C[C@H](c1cnc[nH]1)[C@@H](C)N. The number of imidazole rings is 1. The van der Waals surface area contributed by atoms with E-state index in [1.165, 1.54) is 0 Å². The van der Waals surface area contributed by atoms with Gasteiger partial charge in [-0.2, -0.15) is 0 Å². The molecule has 0 unspecified atom stereocenters. The van der Waals surface area contributed by atoms with Gasteiger partial charge in [-0.25, -0.2) is 4.98 Å². The monoisotopic (exact) mass is 139 g/mol. The number of nitrogens with two attached hydrogens (primary N) is 1. The van der Waals surface area contributed by atoms with Crippen LogP contribution >= 0.6 is 0 Å². The lowest BCUT2D eigenvalue weighted by atomic mass is 10.0. The molecule has 1 heterocycles. The molecule has 3 N–H and O–H groups in total. The van der Waals surface area contributed by atoms with Crippen molar-refractivity contribution in [3.05, 3.63) is 18.2 Å². The van der Waals surface area contributed by atoms with E-state index in [1.807, 2.05) is 13.1 Å². The average molecular weight is 139 g/mol. The topological polar surface area (TPSA) is 54.7 Å². The van der Waals surface area contributed by atoms with Gasteiger partial charge in [0.2, 0.25) is 0 Å². The van der Waals surface area contributed by atoms with Gasteiger partial charge in [0.15, 0.2) is 0 Å². The van der Waals surface area contributed by atoms with Crippen LogP contribution in [0.25, 0.3) is 0 Å². The van der Waals surface area contributed by atoms with Crippen LogP contribution in [0.5, 0.6) is 0 Å². The van der Waals surface area contributed by atoms with Gasteiger partial charge in [0.05, 0.1) is 6.33 Å². The van der Waals surface area contributed by atoms with E-state index in [0.717, 1.165) is 5.69 Å². The van der Waals surface area contributed by atoms with Crippen molar-refractivity contribution >= 4 is 0 Å². The van der Waals surface area contributed by atoms with E-state index in [0.29, 0.717) is 5.92 Å². The van der Waals surface area contributed by atoms with Gasteiger partial charge in [-0.3, -0.25) is 0 Å². The van der Waals surface area contributed by atoms with E-state index in [2.05, 4.69) is 16.9 Å². The summed E-state index contributed by atoms with van der Waals surface area (Å²) in [7, 11) is 0. The minimum atomic E-state index is 0.181. The molecule has 0 spiro atoms. The van der Waals surface area contributed by atoms with Crippen LogP contribution in [0, 0.1) is 0 Å². The van der Waals surface area contributed by atoms with E-state index in [9.17, 15) is 0 Å². The summed E-state index contributed by atoms with van der Waals surface area (Å²) < 4.78 is 0. The summed E-state index contributed by atoms with van der Waals surface area (Å²) in [5.74, 6) is 0.363. The summed E-state index contributed by atoms with van der Waals surface area (Å²) in [6.45, 7) is 4.07. The van der Waals surface area contributed by atoms with Crippen molar-refractivity contribution in [3.8, 4) is 0 Å². The zero-order valence-corrected chi connectivity index (χ0v) is 6.33. The molecular formula is C7H13N3. The number of nitrogens with one attached hydrogen (secondary N) is 1. The first-order valence-electron chi connectivity index (χ1n) is 3.45. The fourth-order valence-corrected chi connectivity index (χ4v) is 0.799. The molecule has 10 heavy (non-hydrogen) atoms. The van der Waals surface area contributed by atoms with Crippen LogP contribution in [0.4, 0.5) is 0 Å². The van der Waals surface area contributed by atoms with Gasteiger partial charge < -0.3 is 10.7 Å². The maximum atomic E-state index is 5.68. The van der Waals surface area contributed by atoms with Crippen LogP contribution in [0.15, 0.2) is 12.5 Å². The van der Waals surface area contributed by atoms with Crippen molar-refractivity contribution in [2.45, 2.75) is 25.8 Å². The van der Waals surface area contributed by atoms with Gasteiger partial charge in [0, 0.05) is 23.9 Å². The normalized spacial score (nSPS) is 16.7. The average Bonchev–Trinajstić information content (AvgIpc) is 2.36. The Morgan fingerprint density at radius 3 is 2.70 bits per heavy atom. The van der Waals surface area contributed by atoms with E-state index < -0.39 is 0 Å². The van der Waals surface area contributed by atoms with Crippen molar-refractivity contribution in [1.29, 1.82) is 0 Å². The molecule has 0 aliphatic rings. The molecule has 3 heteroatoms. The van der Waals surface area contributed by atoms with Gasteiger partial charge in [-0.05, 0) is 6.92 Å². The van der Waals surface area contributed by atoms with Crippen molar-refractivity contribution < 1.29 is 0 Å². The molecule has 0 aliphatic heterocycles. The number of hydrogen-bond acceptors (Lipinski definition) is 2. The molecule has 1 aromatic heterocycles. The zero-order chi connectivity index (χ0) is 7.56. The molecule has 0 aliphatic carbocycles. The number of aromatic amines is 1. The second kappa shape index (κ2) is 2.84. The quantitative estimate of drug-likeness (QED) is 0.638. The maximum absolute atomic E-state index is 5.68. The first-order valence-corrected chi connectivity index (χ1v) is 3.45. The largest absolute Gasteiger partial charge is 0.348 e. The predicted octanol–water partition coefficient (Wildman–Crippen LogP) is 0.860. The first kappa shape index (κ1) is 7.28. The second-order valence-electron chi connectivity index (χ2n) is 2.65. The smallest absolute Gasteiger partial charge is 0.0921 e. The maximum Gasteiger partial charge on any atom is 0.0921 e. The Hall–Kier alpha value is -0.830. The van der Waals surface area contributed by atoms with Gasteiger partial charge in [0.1, 0.15) is 0 Å². The summed E-state index contributed by atoms with van der Waals surface area (Å²) in [5.41, 5.74) is 6.79. The Kier molecular flexibility index (Phi) is 2.06. The molecule has 56 valence electrons. The Morgan fingerprint density at radius 2 is 2.30 bits per heavy atom. The molecule has 1 aromatic rings. The van der Waals surface area contributed by atoms with Crippen molar-refractivity contribution in [1.82, 2.24) is 9.97 Å². The molecule has 0 radical (unpaired) electrons. The van der Waals surface area contributed by atoms with Crippen molar-refractivity contribution in [3.63, 3.8) is 0 Å². The highest BCUT2D eigenvalue weighted by atomic mass is 14.9. The Morgan fingerprint density at radius 1 is 1.60 bits per heavy atom. The third-order valence-corrected chi connectivity index (χ3v) is 1.80. The second-order valence-corrected chi connectivity index (χ2v) is 2.65. The lowest BCUT2D eigenvalue weighted by Crippen LogP contribution is -2.22. The summed E-state index contributed by atoms with van der Waals surface area (Å²) in [6, 6.07) is 0.181. The van der Waals surface area contributed by atoms with E-state index in [-0.39, 0.29) is 6.04 Å². The highest BCUT2D eigenvalue weighted by Crippen LogP contribution is 2.13. The van der Waals surface area contributed by atoms with E-state index in [4.69, 9.17) is 5.73 Å². The minimum absolute atomic E-state index is 0.181. The van der Waals surface area contributed by atoms with Gasteiger partial charge in [0.25, 0.3) is 0 Å². The number of H-pyrrole nitrogens is 1. The van der Waals surface area contributed by atoms with E-state index in [1.54, 1.807) is 6.33 Å². The minimum Gasteiger partial charge on any atom is -0.348 e. The lowest BCUT2D eigenvalue weighted by Gasteiger charge is -2.12. The highest BCUT2D eigenvalue weighted by molar-refractivity contribution is 5.04. The number of nitrogens with zero attached hydrogens (tertiary/aromatic N) is 1. The third-order valence-electron chi connectivity index (χ3n) is 1.80. The van der Waals surface area contributed by atoms with Gasteiger partial charge in [-0.1, -0.05) is 6.92 Å². The van der Waals surface area contributed by atoms with Crippen LogP contribution in [-0.2, 0) is 0 Å². The van der Waals surface area contributed by atoms with Crippen molar-refractivity contribution in [2.75, 3.05) is 0 Å². The number of rotatable bonds is 2. The molecule has 0 saturated carbocycles. The van der Waals surface area contributed by atoms with Gasteiger partial charge in [-0.15, -0.1) is 0 Å². The summed E-state index contributed by atoms with van der Waals surface area (Å²) in [6.07, 6.45) is 3.49. The summed E-state index contributed by atoms with van der Waals surface area (Å²) in [5, 5.41) is 0. The molecular weight excluding hydrogens is 126 g/mol. The molecule has 0 fully saturated rings. The zero-order valence-electron chi connectivity index (χ0n) is 6.33. The van der Waals surface area contributed by atoms with Crippen LogP contribution in [0.2, 0.25) is 0 Å². The fraction of sp³-hybridized carbons (Fsp3) is 0.571. The molecule has 0 aromatic carbocycles. The van der Waals surface area contributed by atoms with Crippen LogP contribution < -0.4 is 5.73 Å². The number of hydrogen-bond donors (Lipinski definition) is 2. The van der Waals surface area contributed by atoms with Crippen LogP contribution in [-0.4, -0.2) is 16.0 Å². The molecule has 0 saturated heterocycles. The Balaban J connectivity index is 2.68. The van der Waals surface area contributed by atoms with Crippen LogP contribution in [0.1, 0.15) is 25.5 Å². The van der Waals surface area contributed by atoms with E-state index >= 15 is 0 Å².